The molecule has 1 fully saturated rings. The number of carbonyl (C=O) groups is 1. The SMILES string of the molecule is CCN(c1cc(-c2cccc3cccnc23)cc(C(=O)NCc2c(C)cc(C)[nH]c2=O)c1C)C1CCCCC1. The third kappa shape index (κ3) is 5.47. The average molecular weight is 523 g/mol. The third-order valence-corrected chi connectivity index (χ3v) is 8.15. The second-order valence-electron chi connectivity index (χ2n) is 10.8. The minimum atomic E-state index is -0.178. The number of aryl methyl sites for hydroxylation is 2. The summed E-state index contributed by atoms with van der Waals surface area (Å²) < 4.78 is 0. The van der Waals surface area contributed by atoms with E-state index >= 15 is 0 Å². The highest BCUT2D eigenvalue weighted by atomic mass is 16.1. The fourth-order valence-corrected chi connectivity index (χ4v) is 6.11. The first-order valence-corrected chi connectivity index (χ1v) is 14.1. The van der Waals surface area contributed by atoms with Gasteiger partial charge in [-0.3, -0.25) is 14.6 Å². The fourth-order valence-electron chi connectivity index (χ4n) is 6.11. The number of pyridine rings is 2. The topological polar surface area (TPSA) is 78.1 Å². The van der Waals surface area contributed by atoms with E-state index in [1.54, 1.807) is 0 Å². The molecule has 1 aliphatic rings. The van der Waals surface area contributed by atoms with Crippen LogP contribution in [0.15, 0.2) is 59.5 Å². The number of hydrogen-bond donors (Lipinski definition) is 2. The number of nitrogens with one attached hydrogen (secondary N) is 2. The number of aromatic nitrogens is 2. The number of carbonyl (C=O) groups excluding carboxylic acids is 1. The number of hydrogen-bond acceptors (Lipinski definition) is 4. The van der Waals surface area contributed by atoms with Crippen LogP contribution in [0.1, 0.15) is 71.8 Å². The Labute approximate surface area is 230 Å². The summed E-state index contributed by atoms with van der Waals surface area (Å²) in [6.45, 7) is 9.07. The first-order chi connectivity index (χ1) is 18.9. The normalized spacial score (nSPS) is 13.9. The number of aromatic amines is 1. The van der Waals surface area contributed by atoms with Gasteiger partial charge in [-0.25, -0.2) is 0 Å². The zero-order valence-corrected chi connectivity index (χ0v) is 23.4. The van der Waals surface area contributed by atoms with Crippen molar-refractivity contribution in [1.82, 2.24) is 15.3 Å². The monoisotopic (exact) mass is 522 g/mol. The van der Waals surface area contributed by atoms with Crippen LogP contribution in [-0.2, 0) is 6.54 Å². The van der Waals surface area contributed by atoms with E-state index in [1.165, 1.54) is 32.1 Å². The van der Waals surface area contributed by atoms with Gasteiger partial charge in [-0.2, -0.15) is 0 Å². The summed E-state index contributed by atoms with van der Waals surface area (Å²) >= 11 is 0. The van der Waals surface area contributed by atoms with Gasteiger partial charge in [0.05, 0.1) is 5.52 Å². The van der Waals surface area contributed by atoms with Gasteiger partial charge in [0.1, 0.15) is 0 Å². The quantitative estimate of drug-likeness (QED) is 0.286. The number of rotatable bonds is 7. The van der Waals surface area contributed by atoms with E-state index in [-0.39, 0.29) is 18.0 Å². The van der Waals surface area contributed by atoms with Crippen molar-refractivity contribution in [2.75, 3.05) is 11.4 Å². The van der Waals surface area contributed by atoms with Gasteiger partial charge in [0.15, 0.2) is 0 Å². The summed E-state index contributed by atoms with van der Waals surface area (Å²) in [5.74, 6) is -0.178. The number of benzene rings is 2. The molecule has 2 aromatic heterocycles. The van der Waals surface area contributed by atoms with Crippen molar-refractivity contribution in [1.29, 1.82) is 0 Å². The summed E-state index contributed by atoms with van der Waals surface area (Å²) in [6, 6.07) is 16.8. The highest BCUT2D eigenvalue weighted by molar-refractivity contribution is 6.01. The molecular formula is C33H38N4O2. The van der Waals surface area contributed by atoms with Crippen LogP contribution in [0.3, 0.4) is 0 Å². The van der Waals surface area contributed by atoms with Crippen LogP contribution < -0.4 is 15.8 Å². The van der Waals surface area contributed by atoms with Crippen LogP contribution in [0, 0.1) is 20.8 Å². The molecule has 6 nitrogen and oxygen atoms in total. The van der Waals surface area contributed by atoms with Crippen molar-refractivity contribution in [3.63, 3.8) is 0 Å². The maximum Gasteiger partial charge on any atom is 0.253 e. The van der Waals surface area contributed by atoms with E-state index in [2.05, 4.69) is 51.4 Å². The molecular weight excluding hydrogens is 484 g/mol. The molecule has 6 heteroatoms. The van der Waals surface area contributed by atoms with E-state index < -0.39 is 0 Å². The average Bonchev–Trinajstić information content (AvgIpc) is 2.94. The standard InChI is InChI=1S/C33H38N4O2/c1-5-37(26-13-7-6-8-14-26)30-19-25(27-15-9-11-24-12-10-16-34-31(24)27)18-28(23(30)4)32(38)35-20-29-21(2)17-22(3)36-33(29)39/h9-12,15-19,26H,5-8,13-14,20H2,1-4H3,(H,35,38)(H,36,39). The molecule has 0 aliphatic heterocycles. The summed E-state index contributed by atoms with van der Waals surface area (Å²) in [6.07, 6.45) is 7.93. The van der Waals surface area contributed by atoms with E-state index in [0.717, 1.165) is 51.1 Å². The highest BCUT2D eigenvalue weighted by Crippen LogP contribution is 2.36. The second-order valence-corrected chi connectivity index (χ2v) is 10.8. The van der Waals surface area contributed by atoms with Crippen molar-refractivity contribution in [3.05, 3.63) is 93.0 Å². The van der Waals surface area contributed by atoms with Gasteiger partial charge in [0.25, 0.3) is 11.5 Å². The Morgan fingerprint density at radius 3 is 2.56 bits per heavy atom. The minimum Gasteiger partial charge on any atom is -0.369 e. The predicted molar refractivity (Wildman–Crippen MR) is 160 cm³/mol. The third-order valence-electron chi connectivity index (χ3n) is 8.15. The van der Waals surface area contributed by atoms with Gasteiger partial charge in [-0.15, -0.1) is 0 Å². The molecule has 2 N–H and O–H groups in total. The summed E-state index contributed by atoms with van der Waals surface area (Å²) in [5.41, 5.74) is 7.71. The summed E-state index contributed by atoms with van der Waals surface area (Å²) in [7, 11) is 0. The Morgan fingerprint density at radius 2 is 1.82 bits per heavy atom. The van der Waals surface area contributed by atoms with Crippen molar-refractivity contribution < 1.29 is 4.79 Å². The molecule has 2 heterocycles. The Balaban J connectivity index is 1.59. The molecule has 39 heavy (non-hydrogen) atoms. The molecule has 1 amide bonds. The first kappa shape index (κ1) is 26.7. The molecule has 2 aromatic carbocycles. The molecule has 0 spiro atoms. The zero-order valence-electron chi connectivity index (χ0n) is 23.4. The molecule has 0 bridgehead atoms. The van der Waals surface area contributed by atoms with Crippen LogP contribution in [0.2, 0.25) is 0 Å². The zero-order chi connectivity index (χ0) is 27.5. The van der Waals surface area contributed by atoms with E-state index in [1.807, 2.05) is 51.2 Å². The molecule has 0 atom stereocenters. The van der Waals surface area contributed by atoms with Crippen molar-refractivity contribution >= 4 is 22.5 Å². The Bertz CT molecular complexity index is 1560. The van der Waals surface area contributed by atoms with E-state index in [9.17, 15) is 9.59 Å². The molecule has 0 unspecified atom stereocenters. The molecule has 1 aliphatic carbocycles. The van der Waals surface area contributed by atoms with Gasteiger partial charge in [0, 0.05) is 58.8 Å². The largest absolute Gasteiger partial charge is 0.369 e. The number of anilines is 1. The Kier molecular flexibility index (Phi) is 7.82. The lowest BCUT2D eigenvalue weighted by atomic mass is 9.91. The van der Waals surface area contributed by atoms with Gasteiger partial charge in [0.2, 0.25) is 0 Å². The lowest BCUT2D eigenvalue weighted by Crippen LogP contribution is -2.37. The predicted octanol–water partition coefficient (Wildman–Crippen LogP) is 6.60. The van der Waals surface area contributed by atoms with Gasteiger partial charge in [-0.1, -0.05) is 43.5 Å². The number of fused-ring (bicyclic) bond motifs is 1. The number of H-pyrrole nitrogens is 1. The molecule has 0 saturated heterocycles. The van der Waals surface area contributed by atoms with Gasteiger partial charge in [-0.05, 0) is 81.5 Å². The molecule has 202 valence electrons. The van der Waals surface area contributed by atoms with E-state index in [0.29, 0.717) is 17.2 Å². The summed E-state index contributed by atoms with van der Waals surface area (Å²) in [5, 5.41) is 4.11. The molecule has 5 rings (SSSR count). The van der Waals surface area contributed by atoms with Crippen LogP contribution in [0.4, 0.5) is 5.69 Å². The Morgan fingerprint density at radius 1 is 1.05 bits per heavy atom. The van der Waals surface area contributed by atoms with Crippen LogP contribution >= 0.6 is 0 Å². The van der Waals surface area contributed by atoms with Crippen molar-refractivity contribution in [2.24, 2.45) is 0 Å². The number of para-hydroxylation sites is 1. The lowest BCUT2D eigenvalue weighted by molar-refractivity contribution is 0.0950. The molecule has 4 aromatic rings. The smallest absolute Gasteiger partial charge is 0.253 e. The maximum atomic E-state index is 13.8. The second kappa shape index (κ2) is 11.4. The minimum absolute atomic E-state index is 0.157. The first-order valence-electron chi connectivity index (χ1n) is 14.1. The summed E-state index contributed by atoms with van der Waals surface area (Å²) in [4.78, 5) is 36.4. The molecule has 0 radical (unpaired) electrons. The molecule has 1 saturated carbocycles. The lowest BCUT2D eigenvalue weighted by Gasteiger charge is -2.37. The van der Waals surface area contributed by atoms with Crippen molar-refractivity contribution in [3.8, 4) is 11.1 Å². The van der Waals surface area contributed by atoms with Gasteiger partial charge >= 0.3 is 0 Å². The van der Waals surface area contributed by atoms with Gasteiger partial charge < -0.3 is 15.2 Å². The maximum absolute atomic E-state index is 13.8. The number of nitrogens with zero attached hydrogens (tertiary/aromatic N) is 2. The highest BCUT2D eigenvalue weighted by Gasteiger charge is 2.25. The van der Waals surface area contributed by atoms with Crippen LogP contribution in [0.5, 0.6) is 0 Å². The van der Waals surface area contributed by atoms with Crippen LogP contribution in [0.25, 0.3) is 22.0 Å². The fraction of sp³-hybridized carbons (Fsp3) is 0.364. The Hall–Kier alpha value is -3.93. The number of amides is 1. The van der Waals surface area contributed by atoms with E-state index in [4.69, 9.17) is 0 Å². The van der Waals surface area contributed by atoms with Crippen molar-refractivity contribution in [2.45, 2.75) is 72.4 Å². The van der Waals surface area contributed by atoms with Crippen LogP contribution in [-0.4, -0.2) is 28.5 Å².